The minimum absolute atomic E-state index is 0.112. The summed E-state index contributed by atoms with van der Waals surface area (Å²) in [5, 5.41) is 17.6. The Labute approximate surface area is 240 Å². The highest BCUT2D eigenvalue weighted by atomic mass is 19.1. The second kappa shape index (κ2) is 11.9. The molecule has 41 heavy (non-hydrogen) atoms. The van der Waals surface area contributed by atoms with Gasteiger partial charge in [-0.2, -0.15) is 0 Å². The van der Waals surface area contributed by atoms with Crippen molar-refractivity contribution in [2.75, 3.05) is 6.54 Å². The van der Waals surface area contributed by atoms with Crippen LogP contribution < -0.4 is 10.6 Å². The Morgan fingerprint density at radius 2 is 1.63 bits per heavy atom. The van der Waals surface area contributed by atoms with Gasteiger partial charge in [0.05, 0.1) is 23.5 Å². The van der Waals surface area contributed by atoms with Gasteiger partial charge in [-0.05, 0) is 101 Å². The first kappa shape index (κ1) is 30.0. The number of halogens is 1. The fourth-order valence-electron chi connectivity index (χ4n) is 4.49. The average Bonchev–Trinajstić information content (AvgIpc) is 3.76. The lowest BCUT2D eigenvalue weighted by Gasteiger charge is -2.32. The van der Waals surface area contributed by atoms with E-state index >= 15 is 0 Å². The Bertz CT molecular complexity index is 1370. The number of ether oxygens (including phenoxy) is 2. The summed E-state index contributed by atoms with van der Waals surface area (Å²) in [6.45, 7) is 8.93. The highest BCUT2D eigenvalue weighted by molar-refractivity contribution is 5.69. The van der Waals surface area contributed by atoms with E-state index in [-0.39, 0.29) is 24.9 Å². The standard InChI is InChI=1S/C32H38FN3O5/c1-30(2,3)41-28(37)34-20-32(39,23-13-14-23)27-18-24(17-26(35-27)22-11-15-25(33)16-12-22)31(4,5)36-29(38)40-19-21-9-7-6-8-10-21/h6-12,15-18,23,39H,13-14,19-20H2,1-5H3,(H,34,37)(H,36,38). The summed E-state index contributed by atoms with van der Waals surface area (Å²) in [4.78, 5) is 30.0. The second-order valence-electron chi connectivity index (χ2n) is 12.0. The fraction of sp³-hybridized carbons (Fsp3) is 0.406. The van der Waals surface area contributed by atoms with Crippen molar-refractivity contribution >= 4 is 12.2 Å². The number of amides is 2. The fourth-order valence-corrected chi connectivity index (χ4v) is 4.49. The first-order valence-electron chi connectivity index (χ1n) is 13.7. The normalized spacial score (nSPS) is 15.0. The molecule has 1 aliphatic rings. The number of pyridine rings is 1. The van der Waals surface area contributed by atoms with Crippen LogP contribution in [-0.4, -0.2) is 34.4 Å². The number of carbonyl (C=O) groups excluding carboxylic acids is 2. The highest BCUT2D eigenvalue weighted by Gasteiger charge is 2.47. The maximum Gasteiger partial charge on any atom is 0.408 e. The summed E-state index contributed by atoms with van der Waals surface area (Å²) in [6, 6.07) is 18.8. The Kier molecular flexibility index (Phi) is 8.68. The molecule has 0 saturated heterocycles. The van der Waals surface area contributed by atoms with Gasteiger partial charge in [-0.15, -0.1) is 0 Å². The van der Waals surface area contributed by atoms with E-state index in [4.69, 9.17) is 14.5 Å². The topological polar surface area (TPSA) is 110 Å². The van der Waals surface area contributed by atoms with E-state index in [1.165, 1.54) is 12.1 Å². The third-order valence-electron chi connectivity index (χ3n) is 6.91. The largest absolute Gasteiger partial charge is 0.445 e. The van der Waals surface area contributed by atoms with E-state index in [1.807, 2.05) is 44.2 Å². The molecule has 3 aromatic rings. The quantitative estimate of drug-likeness (QED) is 0.287. The zero-order valence-electron chi connectivity index (χ0n) is 24.2. The number of nitrogens with zero attached hydrogens (tertiary/aromatic N) is 1. The van der Waals surface area contributed by atoms with Gasteiger partial charge < -0.3 is 25.2 Å². The maximum absolute atomic E-state index is 13.7. The van der Waals surface area contributed by atoms with E-state index in [1.54, 1.807) is 45.0 Å². The van der Waals surface area contributed by atoms with Crippen LogP contribution in [0.5, 0.6) is 0 Å². The number of benzene rings is 2. The van der Waals surface area contributed by atoms with Crippen LogP contribution in [0.1, 0.15) is 64.3 Å². The molecule has 1 fully saturated rings. The first-order valence-corrected chi connectivity index (χ1v) is 13.7. The zero-order chi connectivity index (χ0) is 29.8. The molecule has 1 aromatic heterocycles. The van der Waals surface area contributed by atoms with Crippen LogP contribution in [0.3, 0.4) is 0 Å². The Hall–Kier alpha value is -3.98. The lowest BCUT2D eigenvalue weighted by molar-refractivity contribution is 0.00171. The van der Waals surface area contributed by atoms with Crippen molar-refractivity contribution < 1.29 is 28.6 Å². The minimum Gasteiger partial charge on any atom is -0.445 e. The van der Waals surface area contributed by atoms with Crippen LogP contribution in [0, 0.1) is 11.7 Å². The van der Waals surface area contributed by atoms with Gasteiger partial charge in [-0.3, -0.25) is 0 Å². The predicted octanol–water partition coefficient (Wildman–Crippen LogP) is 6.17. The molecular weight excluding hydrogens is 525 g/mol. The van der Waals surface area contributed by atoms with Crippen molar-refractivity contribution in [2.24, 2.45) is 5.92 Å². The smallest absolute Gasteiger partial charge is 0.408 e. The summed E-state index contributed by atoms with van der Waals surface area (Å²) < 4.78 is 24.5. The molecule has 8 nitrogen and oxygen atoms in total. The van der Waals surface area contributed by atoms with Gasteiger partial charge in [0.25, 0.3) is 0 Å². The van der Waals surface area contributed by atoms with Crippen molar-refractivity contribution in [1.82, 2.24) is 15.6 Å². The number of aromatic nitrogens is 1. The minimum atomic E-state index is -1.49. The van der Waals surface area contributed by atoms with Crippen LogP contribution in [0.15, 0.2) is 66.7 Å². The molecule has 1 heterocycles. The van der Waals surface area contributed by atoms with Gasteiger partial charge in [0.15, 0.2) is 0 Å². The zero-order valence-corrected chi connectivity index (χ0v) is 24.2. The lowest BCUT2D eigenvalue weighted by Crippen LogP contribution is -2.45. The Morgan fingerprint density at radius 1 is 0.976 bits per heavy atom. The van der Waals surface area contributed by atoms with E-state index < -0.39 is 28.9 Å². The Balaban J connectivity index is 1.65. The molecule has 2 aromatic carbocycles. The summed E-state index contributed by atoms with van der Waals surface area (Å²) in [5.74, 6) is -0.516. The summed E-state index contributed by atoms with van der Waals surface area (Å²) in [6.07, 6.45) is 0.273. The molecule has 2 amide bonds. The predicted molar refractivity (Wildman–Crippen MR) is 153 cm³/mol. The molecule has 218 valence electrons. The number of carbonyl (C=O) groups is 2. The van der Waals surface area contributed by atoms with Crippen molar-refractivity contribution in [2.45, 2.75) is 70.8 Å². The van der Waals surface area contributed by atoms with Crippen molar-refractivity contribution in [3.8, 4) is 11.3 Å². The van der Waals surface area contributed by atoms with Crippen molar-refractivity contribution in [3.63, 3.8) is 0 Å². The van der Waals surface area contributed by atoms with Gasteiger partial charge in [-0.1, -0.05) is 30.3 Å². The number of hydrogen-bond acceptors (Lipinski definition) is 6. The van der Waals surface area contributed by atoms with Gasteiger partial charge in [0.2, 0.25) is 0 Å². The van der Waals surface area contributed by atoms with Crippen LogP contribution in [0.4, 0.5) is 14.0 Å². The molecule has 9 heteroatoms. The molecule has 0 aliphatic heterocycles. The van der Waals surface area contributed by atoms with Gasteiger partial charge in [0.1, 0.15) is 23.6 Å². The lowest BCUT2D eigenvalue weighted by atomic mass is 9.87. The van der Waals surface area contributed by atoms with Gasteiger partial charge in [-0.25, -0.2) is 19.0 Å². The number of nitrogens with one attached hydrogen (secondary N) is 2. The first-order chi connectivity index (χ1) is 19.2. The molecule has 4 rings (SSSR count). The van der Waals surface area contributed by atoms with Crippen LogP contribution in [0.25, 0.3) is 11.3 Å². The number of aliphatic hydroxyl groups is 1. The molecule has 1 atom stereocenters. The molecular formula is C32H38FN3O5. The van der Waals surface area contributed by atoms with E-state index in [0.717, 1.165) is 18.4 Å². The van der Waals surface area contributed by atoms with Crippen LogP contribution in [-0.2, 0) is 27.2 Å². The van der Waals surface area contributed by atoms with E-state index in [2.05, 4.69) is 10.6 Å². The van der Waals surface area contributed by atoms with Crippen LogP contribution in [0.2, 0.25) is 0 Å². The van der Waals surface area contributed by atoms with Gasteiger partial charge in [0, 0.05) is 5.56 Å². The molecule has 1 aliphatic carbocycles. The molecule has 0 radical (unpaired) electrons. The van der Waals surface area contributed by atoms with Crippen molar-refractivity contribution in [3.05, 3.63) is 89.4 Å². The summed E-state index contributed by atoms with van der Waals surface area (Å²) in [7, 11) is 0. The van der Waals surface area contributed by atoms with E-state index in [9.17, 15) is 19.1 Å². The molecule has 3 N–H and O–H groups in total. The second-order valence-corrected chi connectivity index (χ2v) is 12.0. The Morgan fingerprint density at radius 3 is 2.24 bits per heavy atom. The third-order valence-corrected chi connectivity index (χ3v) is 6.91. The highest BCUT2D eigenvalue weighted by Crippen LogP contribution is 2.46. The van der Waals surface area contributed by atoms with Crippen molar-refractivity contribution in [1.29, 1.82) is 0 Å². The summed E-state index contributed by atoms with van der Waals surface area (Å²) in [5.41, 5.74) is -0.167. The average molecular weight is 564 g/mol. The van der Waals surface area contributed by atoms with E-state index in [0.29, 0.717) is 22.5 Å². The number of alkyl carbamates (subject to hydrolysis) is 2. The third kappa shape index (κ3) is 8.04. The molecule has 0 bridgehead atoms. The number of rotatable bonds is 9. The molecule has 0 spiro atoms. The maximum atomic E-state index is 13.7. The van der Waals surface area contributed by atoms with Gasteiger partial charge >= 0.3 is 12.2 Å². The monoisotopic (exact) mass is 563 g/mol. The molecule has 1 unspecified atom stereocenters. The number of hydrogen-bond donors (Lipinski definition) is 3. The van der Waals surface area contributed by atoms with Crippen LogP contribution >= 0.6 is 0 Å². The molecule has 1 saturated carbocycles. The SMILES string of the molecule is CC(C)(C)OC(=O)NCC(O)(c1cc(C(C)(C)NC(=O)OCc2ccccc2)cc(-c2ccc(F)cc2)n1)C1CC1. The summed E-state index contributed by atoms with van der Waals surface area (Å²) >= 11 is 0.